The van der Waals surface area contributed by atoms with E-state index < -0.39 is 44.1 Å². The molecule has 1 fully saturated rings. The zero-order valence-corrected chi connectivity index (χ0v) is 17.9. The highest BCUT2D eigenvalue weighted by Gasteiger charge is 2.34. The van der Waals surface area contributed by atoms with Crippen molar-refractivity contribution < 1.29 is 39.6 Å². The fourth-order valence-electron chi connectivity index (χ4n) is 3.73. The molecule has 0 unspecified atom stereocenters. The van der Waals surface area contributed by atoms with Crippen LogP contribution in [0.2, 0.25) is 0 Å². The number of halogens is 6. The first-order valence-corrected chi connectivity index (χ1v) is 11.6. The minimum atomic E-state index is -4.66. The van der Waals surface area contributed by atoms with Gasteiger partial charge in [0.25, 0.3) is 5.91 Å². The highest BCUT2D eigenvalue weighted by molar-refractivity contribution is 7.91. The Balaban J connectivity index is 1.58. The summed E-state index contributed by atoms with van der Waals surface area (Å²) in [5, 5.41) is 2.63. The number of alkyl halides is 6. The summed E-state index contributed by atoms with van der Waals surface area (Å²) in [7, 11) is -3.95. The predicted molar refractivity (Wildman–Crippen MR) is 106 cm³/mol. The van der Waals surface area contributed by atoms with Crippen LogP contribution in [-0.4, -0.2) is 31.1 Å². The van der Waals surface area contributed by atoms with Gasteiger partial charge in [0.2, 0.25) is 0 Å². The minimum Gasteiger partial charge on any atom is -0.349 e. The van der Waals surface area contributed by atoms with Gasteiger partial charge in [0.15, 0.2) is 9.84 Å². The summed E-state index contributed by atoms with van der Waals surface area (Å²) in [5.74, 6) is -1.35. The quantitative estimate of drug-likeness (QED) is 0.601. The molecule has 33 heavy (non-hydrogen) atoms. The van der Waals surface area contributed by atoms with Crippen LogP contribution in [0.3, 0.4) is 0 Å². The van der Waals surface area contributed by atoms with Crippen molar-refractivity contribution in [1.82, 2.24) is 10.3 Å². The number of sulfone groups is 1. The van der Waals surface area contributed by atoms with Crippen LogP contribution in [0.1, 0.15) is 47.2 Å². The van der Waals surface area contributed by atoms with Crippen LogP contribution in [0.5, 0.6) is 0 Å². The molecule has 5 nitrogen and oxygen atoms in total. The molecule has 3 rings (SSSR count). The molecule has 1 aromatic heterocycles. The lowest BCUT2D eigenvalue weighted by Crippen LogP contribution is -2.38. The Hall–Kier alpha value is -2.63. The Morgan fingerprint density at radius 1 is 0.939 bits per heavy atom. The van der Waals surface area contributed by atoms with Crippen LogP contribution < -0.4 is 5.32 Å². The summed E-state index contributed by atoms with van der Waals surface area (Å²) in [6, 6.07) is 3.93. The van der Waals surface area contributed by atoms with Gasteiger partial charge in [-0.25, -0.2) is 8.42 Å². The summed E-state index contributed by atoms with van der Waals surface area (Å²) in [4.78, 5) is 15.3. The average molecular weight is 494 g/mol. The number of carbonyl (C=O) groups excluding carboxylic acids is 1. The SMILES string of the molecule is O=C(NC1CCC(CS(=O)(=O)c2cccc(C(F)(F)F)c2)CC1)c1cncc(C(F)(F)F)c1. The number of hydrogen-bond acceptors (Lipinski definition) is 4. The highest BCUT2D eigenvalue weighted by Crippen LogP contribution is 2.33. The van der Waals surface area contributed by atoms with Gasteiger partial charge in [-0.2, -0.15) is 26.3 Å². The van der Waals surface area contributed by atoms with Gasteiger partial charge in [0.1, 0.15) is 0 Å². The van der Waals surface area contributed by atoms with Crippen molar-refractivity contribution in [2.75, 3.05) is 5.75 Å². The molecule has 0 saturated heterocycles. The van der Waals surface area contributed by atoms with Crippen molar-refractivity contribution in [3.63, 3.8) is 0 Å². The lowest BCUT2D eigenvalue weighted by atomic mass is 9.87. The monoisotopic (exact) mass is 494 g/mol. The third-order valence-electron chi connectivity index (χ3n) is 5.49. The van der Waals surface area contributed by atoms with Crippen molar-refractivity contribution in [3.05, 3.63) is 59.4 Å². The molecule has 1 aromatic carbocycles. The molecule has 1 aliphatic carbocycles. The minimum absolute atomic E-state index is 0.237. The molecule has 1 N–H and O–H groups in total. The second-order valence-corrected chi connectivity index (χ2v) is 9.99. The highest BCUT2D eigenvalue weighted by atomic mass is 32.2. The molecule has 180 valence electrons. The van der Waals surface area contributed by atoms with Gasteiger partial charge in [-0.15, -0.1) is 0 Å². The third kappa shape index (κ3) is 6.46. The maximum atomic E-state index is 12.9. The van der Waals surface area contributed by atoms with Crippen LogP contribution in [-0.2, 0) is 22.2 Å². The van der Waals surface area contributed by atoms with Crippen molar-refractivity contribution in [2.24, 2.45) is 5.92 Å². The van der Waals surface area contributed by atoms with E-state index >= 15 is 0 Å². The van der Waals surface area contributed by atoms with Crippen LogP contribution in [0.4, 0.5) is 26.3 Å². The van der Waals surface area contributed by atoms with E-state index in [1.165, 1.54) is 0 Å². The maximum absolute atomic E-state index is 12.9. The number of aromatic nitrogens is 1. The second-order valence-electron chi connectivity index (χ2n) is 7.96. The first-order chi connectivity index (χ1) is 15.3. The van der Waals surface area contributed by atoms with E-state index in [4.69, 9.17) is 0 Å². The number of hydrogen-bond donors (Lipinski definition) is 1. The summed E-state index contributed by atoms with van der Waals surface area (Å²) in [6.07, 6.45) is -6.08. The Morgan fingerprint density at radius 2 is 1.58 bits per heavy atom. The lowest BCUT2D eigenvalue weighted by Gasteiger charge is -2.29. The van der Waals surface area contributed by atoms with Crippen LogP contribution in [0.25, 0.3) is 0 Å². The van der Waals surface area contributed by atoms with Gasteiger partial charge in [-0.1, -0.05) is 6.07 Å². The molecule has 0 spiro atoms. The Morgan fingerprint density at radius 3 is 2.18 bits per heavy atom. The largest absolute Gasteiger partial charge is 0.417 e. The average Bonchev–Trinajstić information content (AvgIpc) is 2.74. The van der Waals surface area contributed by atoms with Crippen molar-refractivity contribution in [2.45, 2.75) is 49.0 Å². The molecule has 1 heterocycles. The van der Waals surface area contributed by atoms with Crippen molar-refractivity contribution >= 4 is 15.7 Å². The lowest BCUT2D eigenvalue weighted by molar-refractivity contribution is -0.138. The van der Waals surface area contributed by atoms with E-state index in [-0.39, 0.29) is 23.3 Å². The third-order valence-corrected chi connectivity index (χ3v) is 7.37. The van der Waals surface area contributed by atoms with Crippen LogP contribution in [0.15, 0.2) is 47.6 Å². The maximum Gasteiger partial charge on any atom is 0.417 e. The second kappa shape index (κ2) is 9.32. The molecule has 0 bridgehead atoms. The molecule has 0 aliphatic heterocycles. The van der Waals surface area contributed by atoms with Gasteiger partial charge in [-0.05, 0) is 55.9 Å². The van der Waals surface area contributed by atoms with E-state index in [0.717, 1.165) is 24.4 Å². The van der Waals surface area contributed by atoms with Gasteiger partial charge in [-0.3, -0.25) is 9.78 Å². The molecule has 0 atom stereocenters. The summed E-state index contributed by atoms with van der Waals surface area (Å²) in [6.45, 7) is 0. The van der Waals surface area contributed by atoms with Gasteiger partial charge >= 0.3 is 12.4 Å². The summed E-state index contributed by atoms with van der Waals surface area (Å²) in [5.41, 5.74) is -2.32. The number of pyridine rings is 1. The predicted octanol–water partition coefficient (Wildman–Crippen LogP) is 4.88. The van der Waals surface area contributed by atoms with E-state index in [0.29, 0.717) is 44.0 Å². The van der Waals surface area contributed by atoms with Crippen molar-refractivity contribution in [3.8, 4) is 0 Å². The number of carbonyl (C=O) groups is 1. The van der Waals surface area contributed by atoms with Gasteiger partial charge < -0.3 is 5.32 Å². The Kier molecular flexibility index (Phi) is 7.06. The van der Waals surface area contributed by atoms with Gasteiger partial charge in [0.05, 0.1) is 27.3 Å². The fraction of sp³-hybridized carbons (Fsp3) is 0.429. The zero-order chi connectivity index (χ0) is 24.4. The van der Waals surface area contributed by atoms with Crippen molar-refractivity contribution in [1.29, 1.82) is 0 Å². The smallest absolute Gasteiger partial charge is 0.349 e. The summed E-state index contributed by atoms with van der Waals surface area (Å²) >= 11 is 0. The topological polar surface area (TPSA) is 76.1 Å². The molecule has 0 radical (unpaired) electrons. The number of nitrogens with one attached hydrogen (secondary N) is 1. The van der Waals surface area contributed by atoms with Crippen LogP contribution >= 0.6 is 0 Å². The molecule has 1 amide bonds. The number of rotatable bonds is 5. The van der Waals surface area contributed by atoms with E-state index in [9.17, 15) is 39.6 Å². The Labute approximate surface area is 186 Å². The first-order valence-electron chi connectivity index (χ1n) is 9.99. The molecule has 1 aliphatic rings. The number of benzene rings is 1. The van der Waals surface area contributed by atoms with E-state index in [1.54, 1.807) is 0 Å². The molecule has 1 saturated carbocycles. The Bertz CT molecular complexity index is 1110. The molecular formula is C21H20F6N2O3S. The first kappa shape index (κ1) is 25.0. The van der Waals surface area contributed by atoms with Crippen LogP contribution in [0, 0.1) is 5.92 Å². The molecule has 2 aromatic rings. The summed E-state index contributed by atoms with van der Waals surface area (Å²) < 4.78 is 102. The van der Waals surface area contributed by atoms with E-state index in [1.807, 2.05) is 0 Å². The fourth-order valence-corrected chi connectivity index (χ4v) is 5.47. The zero-order valence-electron chi connectivity index (χ0n) is 17.1. The number of amides is 1. The standard InChI is InChI=1S/C21H20F6N2O3S/c22-20(23,24)15-2-1-3-18(9-15)33(31,32)12-13-4-6-17(7-5-13)29-19(30)14-8-16(11-28-10-14)21(25,26)27/h1-3,8-11,13,17H,4-7,12H2,(H,29,30). The molecule has 12 heteroatoms. The number of nitrogens with zero attached hydrogens (tertiary/aromatic N) is 1. The normalized spacial score (nSPS) is 19.8. The van der Waals surface area contributed by atoms with E-state index in [2.05, 4.69) is 10.3 Å². The molecular weight excluding hydrogens is 474 g/mol. The van der Waals surface area contributed by atoms with Gasteiger partial charge in [0, 0.05) is 18.4 Å².